The van der Waals surface area contributed by atoms with Crippen LogP contribution in [0.1, 0.15) is 24.6 Å². The first-order valence-electron chi connectivity index (χ1n) is 8.07. The Morgan fingerprint density at radius 1 is 1.39 bits per heavy atom. The maximum Gasteiger partial charge on any atom is 0.417 e. The molecule has 0 fully saturated rings. The van der Waals surface area contributed by atoms with Crippen molar-refractivity contribution < 1.29 is 23.1 Å². The van der Waals surface area contributed by atoms with Crippen molar-refractivity contribution in [3.8, 4) is 17.3 Å². The van der Waals surface area contributed by atoms with E-state index in [1.54, 1.807) is 12.1 Å². The Hall–Kier alpha value is -3.48. The van der Waals surface area contributed by atoms with Crippen molar-refractivity contribution in [1.82, 2.24) is 19.7 Å². The van der Waals surface area contributed by atoms with Crippen LogP contribution >= 0.6 is 0 Å². The maximum absolute atomic E-state index is 13.5. The van der Waals surface area contributed by atoms with Crippen molar-refractivity contribution in [1.29, 1.82) is 5.26 Å². The van der Waals surface area contributed by atoms with Crippen LogP contribution in [-0.2, 0) is 17.5 Å². The van der Waals surface area contributed by atoms with Gasteiger partial charge in [0.25, 0.3) is 5.97 Å². The van der Waals surface area contributed by atoms with Crippen LogP contribution in [0.2, 0.25) is 0 Å². The normalized spacial score (nSPS) is 10.9. The Labute approximate surface area is 158 Å². The number of hydrogen-bond acceptors (Lipinski definition) is 5. The van der Waals surface area contributed by atoms with Gasteiger partial charge in [0.15, 0.2) is 5.65 Å². The first-order valence-corrected chi connectivity index (χ1v) is 8.07. The summed E-state index contributed by atoms with van der Waals surface area (Å²) in [5.74, 6) is -0.833. The van der Waals surface area contributed by atoms with Gasteiger partial charge in [-0.1, -0.05) is 0 Å². The molecule has 0 unspecified atom stereocenters. The molecule has 0 spiro atoms. The Morgan fingerprint density at radius 3 is 2.61 bits per heavy atom. The van der Waals surface area contributed by atoms with Gasteiger partial charge in [-0.2, -0.15) is 23.5 Å². The summed E-state index contributed by atoms with van der Waals surface area (Å²) in [6, 6.07) is 6.25. The van der Waals surface area contributed by atoms with Crippen molar-refractivity contribution in [2.24, 2.45) is 0 Å². The summed E-state index contributed by atoms with van der Waals surface area (Å²) in [4.78, 5) is 17.3. The van der Waals surface area contributed by atoms with Crippen LogP contribution in [0.25, 0.3) is 22.3 Å². The maximum atomic E-state index is 13.5. The van der Waals surface area contributed by atoms with Crippen LogP contribution < -0.4 is 0 Å². The van der Waals surface area contributed by atoms with E-state index in [-0.39, 0.29) is 35.4 Å². The van der Waals surface area contributed by atoms with Crippen LogP contribution in [0.5, 0.6) is 0 Å². The summed E-state index contributed by atoms with van der Waals surface area (Å²) >= 11 is 0. The van der Waals surface area contributed by atoms with Gasteiger partial charge in [0.2, 0.25) is 0 Å². The van der Waals surface area contributed by atoms with E-state index in [1.807, 2.05) is 6.07 Å². The van der Waals surface area contributed by atoms with Gasteiger partial charge in [0.1, 0.15) is 0 Å². The minimum Gasteiger partial charge on any atom is -0.481 e. The van der Waals surface area contributed by atoms with Crippen LogP contribution in [0.3, 0.4) is 0 Å². The molecular formula is C18H16F3N5O2. The van der Waals surface area contributed by atoms with Gasteiger partial charge in [-0.25, -0.2) is 9.67 Å². The van der Waals surface area contributed by atoms with Gasteiger partial charge < -0.3 is 5.11 Å². The number of carbonyl (C=O) groups is 1. The van der Waals surface area contributed by atoms with Crippen molar-refractivity contribution >= 4 is 17.0 Å². The van der Waals surface area contributed by atoms with Crippen LogP contribution in [0.15, 0.2) is 30.6 Å². The monoisotopic (exact) mass is 391 g/mol. The van der Waals surface area contributed by atoms with Gasteiger partial charge in [-0.05, 0) is 25.1 Å². The van der Waals surface area contributed by atoms with Gasteiger partial charge in [-0.15, -0.1) is 0 Å². The van der Waals surface area contributed by atoms with Crippen molar-refractivity contribution in [3.05, 3.63) is 41.9 Å². The average Bonchev–Trinajstić information content (AvgIpc) is 2.94. The van der Waals surface area contributed by atoms with Gasteiger partial charge >= 0.3 is 6.18 Å². The van der Waals surface area contributed by atoms with E-state index in [0.29, 0.717) is 5.56 Å². The third-order valence-corrected chi connectivity index (χ3v) is 3.58. The minimum absolute atomic E-state index is 0.0342. The summed E-state index contributed by atoms with van der Waals surface area (Å²) in [5.41, 5.74) is 0.223. The highest BCUT2D eigenvalue weighted by molar-refractivity contribution is 5.85. The highest BCUT2D eigenvalue weighted by atomic mass is 19.4. The first-order chi connectivity index (χ1) is 13.1. The van der Waals surface area contributed by atoms with E-state index in [1.165, 1.54) is 24.0 Å². The zero-order valence-electron chi connectivity index (χ0n) is 15.0. The molecule has 146 valence electrons. The molecule has 3 rings (SSSR count). The topological polar surface area (TPSA) is 105 Å². The second-order valence-electron chi connectivity index (χ2n) is 5.73. The number of carboxylic acid groups (broad SMARTS) is 1. The number of halogens is 3. The molecular weight excluding hydrogens is 375 g/mol. The molecule has 1 N–H and O–H groups in total. The largest absolute Gasteiger partial charge is 0.481 e. The standard InChI is InChI=1S/C16H12F3N5.C2H4O2/c1-10-14-12(16(17,18)19)8-13(11-4-2-6-21-9-11)22-15(14)24(23-10)7-3-5-20;1-2(3)4/h2,4,6,8-9H,3,7H2,1H3;1H3,(H,3,4). The molecule has 0 aliphatic carbocycles. The molecule has 3 heterocycles. The molecule has 0 saturated carbocycles. The number of aryl methyl sites for hydroxylation is 2. The number of nitrogens with zero attached hydrogens (tertiary/aromatic N) is 5. The summed E-state index contributed by atoms with van der Waals surface area (Å²) in [7, 11) is 0. The van der Waals surface area contributed by atoms with E-state index in [2.05, 4.69) is 15.1 Å². The second-order valence-corrected chi connectivity index (χ2v) is 5.73. The number of aliphatic carboxylic acids is 1. The summed E-state index contributed by atoms with van der Waals surface area (Å²) in [6.07, 6.45) is -1.41. The summed E-state index contributed by atoms with van der Waals surface area (Å²) < 4.78 is 41.9. The van der Waals surface area contributed by atoms with E-state index >= 15 is 0 Å². The lowest BCUT2D eigenvalue weighted by atomic mass is 10.1. The number of aromatic nitrogens is 4. The van der Waals surface area contributed by atoms with Gasteiger partial charge in [0.05, 0.1) is 41.4 Å². The smallest absolute Gasteiger partial charge is 0.417 e. The fourth-order valence-electron chi connectivity index (χ4n) is 2.55. The average molecular weight is 391 g/mol. The predicted octanol–water partition coefficient (Wildman–Crippen LogP) is 3.83. The molecule has 0 aliphatic rings. The van der Waals surface area contributed by atoms with Crippen molar-refractivity contribution in [3.63, 3.8) is 0 Å². The second kappa shape index (κ2) is 8.47. The molecule has 0 atom stereocenters. The molecule has 0 aromatic carbocycles. The molecule has 0 saturated heterocycles. The SMILES string of the molecule is CC(=O)O.Cc1nn(CCC#N)c2nc(-c3cccnc3)cc(C(F)(F)F)c12. The molecule has 3 aromatic rings. The van der Waals surface area contributed by atoms with Crippen molar-refractivity contribution in [2.75, 3.05) is 0 Å². The molecule has 10 heteroatoms. The number of rotatable bonds is 3. The third-order valence-electron chi connectivity index (χ3n) is 3.58. The summed E-state index contributed by atoms with van der Waals surface area (Å²) in [6.45, 7) is 2.77. The van der Waals surface area contributed by atoms with Crippen LogP contribution in [0, 0.1) is 18.3 Å². The molecule has 0 amide bonds. The Kier molecular flexibility index (Phi) is 6.30. The van der Waals surface area contributed by atoms with Gasteiger partial charge in [0, 0.05) is 24.9 Å². The zero-order chi connectivity index (χ0) is 20.9. The lowest BCUT2D eigenvalue weighted by Gasteiger charge is -2.11. The van der Waals surface area contributed by atoms with Gasteiger partial charge in [-0.3, -0.25) is 9.78 Å². The number of nitriles is 1. The Bertz CT molecular complexity index is 1020. The lowest BCUT2D eigenvalue weighted by Crippen LogP contribution is -2.08. The van der Waals surface area contributed by atoms with Crippen molar-refractivity contribution in [2.45, 2.75) is 33.0 Å². The predicted molar refractivity (Wildman–Crippen MR) is 94.0 cm³/mol. The van der Waals surface area contributed by atoms with E-state index in [4.69, 9.17) is 15.2 Å². The van der Waals surface area contributed by atoms with Crippen LogP contribution in [-0.4, -0.2) is 30.8 Å². The van der Waals surface area contributed by atoms with E-state index in [9.17, 15) is 13.2 Å². The molecule has 0 aliphatic heterocycles. The number of hydrogen-bond donors (Lipinski definition) is 1. The number of carboxylic acids is 1. The first kappa shape index (κ1) is 20.8. The number of alkyl halides is 3. The molecule has 0 radical (unpaired) electrons. The van der Waals surface area contributed by atoms with Crippen LogP contribution in [0.4, 0.5) is 13.2 Å². The molecule has 28 heavy (non-hydrogen) atoms. The quantitative estimate of drug-likeness (QED) is 0.728. The molecule has 0 bridgehead atoms. The lowest BCUT2D eigenvalue weighted by molar-refractivity contribution is -0.136. The summed E-state index contributed by atoms with van der Waals surface area (Å²) in [5, 5.41) is 20.2. The Balaban J connectivity index is 0.000000640. The fourth-order valence-corrected chi connectivity index (χ4v) is 2.55. The minimum atomic E-state index is -4.54. The highest BCUT2D eigenvalue weighted by Gasteiger charge is 2.35. The van der Waals surface area contributed by atoms with E-state index < -0.39 is 17.7 Å². The Morgan fingerprint density at radius 2 is 2.07 bits per heavy atom. The molecule has 3 aromatic heterocycles. The third kappa shape index (κ3) is 4.82. The number of pyridine rings is 2. The fraction of sp³-hybridized carbons (Fsp3) is 0.278. The van der Waals surface area contributed by atoms with E-state index in [0.717, 1.165) is 13.0 Å². The zero-order valence-corrected chi connectivity index (χ0v) is 15.0. The molecule has 7 nitrogen and oxygen atoms in total. The number of fused-ring (bicyclic) bond motifs is 1. The highest BCUT2D eigenvalue weighted by Crippen LogP contribution is 2.37.